The smallest absolute Gasteiger partial charge is 0.272 e. The van der Waals surface area contributed by atoms with Gasteiger partial charge in [-0.1, -0.05) is 17.3 Å². The SMILES string of the molecule is Cc1noc(C)c1C1CCCN1C(=O)c1cc(-c2ccccc2O)n[nH]1. The molecule has 134 valence electrons. The van der Waals surface area contributed by atoms with Crippen LogP contribution in [0.15, 0.2) is 34.9 Å². The van der Waals surface area contributed by atoms with Crippen molar-refractivity contribution < 1.29 is 14.4 Å². The molecule has 1 unspecified atom stereocenters. The standard InChI is InChI=1S/C19H20N4O3/c1-11-18(12(2)26-22-11)16-7-5-9-23(16)19(25)15-10-14(20-21-15)13-6-3-4-8-17(13)24/h3-4,6,8,10,16,24H,5,7,9H2,1-2H3,(H,20,21). The van der Waals surface area contributed by atoms with Crippen molar-refractivity contribution in [1.29, 1.82) is 0 Å². The molecular formula is C19H20N4O3. The second-order valence-corrected chi connectivity index (χ2v) is 6.58. The summed E-state index contributed by atoms with van der Waals surface area (Å²) in [5.74, 6) is 0.779. The van der Waals surface area contributed by atoms with Crippen LogP contribution >= 0.6 is 0 Å². The van der Waals surface area contributed by atoms with Gasteiger partial charge in [-0.3, -0.25) is 9.89 Å². The minimum Gasteiger partial charge on any atom is -0.507 e. The van der Waals surface area contributed by atoms with Gasteiger partial charge in [-0.05, 0) is 44.9 Å². The molecule has 2 aromatic heterocycles. The van der Waals surface area contributed by atoms with Crippen LogP contribution in [0.1, 0.15) is 46.4 Å². The van der Waals surface area contributed by atoms with Crippen LogP contribution in [0.4, 0.5) is 0 Å². The summed E-state index contributed by atoms with van der Waals surface area (Å²) in [6, 6.07) is 8.57. The van der Waals surface area contributed by atoms with Crippen LogP contribution in [0.5, 0.6) is 5.75 Å². The van der Waals surface area contributed by atoms with E-state index in [1.54, 1.807) is 24.3 Å². The molecule has 3 aromatic rings. The van der Waals surface area contributed by atoms with Gasteiger partial charge in [-0.2, -0.15) is 5.10 Å². The first kappa shape index (κ1) is 16.4. The Morgan fingerprint density at radius 1 is 1.35 bits per heavy atom. The molecule has 1 amide bonds. The number of benzene rings is 1. The number of likely N-dealkylation sites (tertiary alicyclic amines) is 1. The summed E-state index contributed by atoms with van der Waals surface area (Å²) >= 11 is 0. The number of aromatic amines is 1. The molecule has 0 spiro atoms. The van der Waals surface area contributed by atoms with E-state index in [0.717, 1.165) is 29.9 Å². The lowest BCUT2D eigenvalue weighted by Crippen LogP contribution is -2.31. The first-order valence-electron chi connectivity index (χ1n) is 8.63. The topological polar surface area (TPSA) is 95.2 Å². The number of aromatic nitrogens is 3. The Labute approximate surface area is 150 Å². The molecule has 3 heterocycles. The molecule has 0 bridgehead atoms. The molecule has 26 heavy (non-hydrogen) atoms. The Balaban J connectivity index is 1.63. The van der Waals surface area contributed by atoms with Gasteiger partial charge < -0.3 is 14.5 Å². The molecule has 1 atom stereocenters. The fourth-order valence-corrected chi connectivity index (χ4v) is 3.69. The fourth-order valence-electron chi connectivity index (χ4n) is 3.69. The van der Waals surface area contributed by atoms with Gasteiger partial charge >= 0.3 is 0 Å². The van der Waals surface area contributed by atoms with E-state index in [0.29, 0.717) is 23.5 Å². The predicted octanol–water partition coefficient (Wildman–Crippen LogP) is 3.36. The number of aromatic hydroxyl groups is 1. The fraction of sp³-hybridized carbons (Fsp3) is 0.316. The number of amides is 1. The molecule has 0 aliphatic carbocycles. The van der Waals surface area contributed by atoms with Crippen LogP contribution in [0.2, 0.25) is 0 Å². The highest BCUT2D eigenvalue weighted by atomic mass is 16.5. The average Bonchev–Trinajstić information content (AvgIpc) is 3.35. The number of nitrogens with one attached hydrogen (secondary N) is 1. The third kappa shape index (κ3) is 2.65. The highest BCUT2D eigenvalue weighted by molar-refractivity contribution is 5.94. The highest BCUT2D eigenvalue weighted by Crippen LogP contribution is 2.36. The van der Waals surface area contributed by atoms with Crippen molar-refractivity contribution in [2.45, 2.75) is 32.7 Å². The van der Waals surface area contributed by atoms with E-state index in [-0.39, 0.29) is 17.7 Å². The number of para-hydroxylation sites is 1. The second-order valence-electron chi connectivity index (χ2n) is 6.58. The van der Waals surface area contributed by atoms with E-state index in [4.69, 9.17) is 4.52 Å². The number of H-pyrrole nitrogens is 1. The summed E-state index contributed by atoms with van der Waals surface area (Å²) in [5.41, 5.74) is 3.36. The quantitative estimate of drug-likeness (QED) is 0.753. The largest absolute Gasteiger partial charge is 0.507 e. The highest BCUT2D eigenvalue weighted by Gasteiger charge is 2.35. The number of carbonyl (C=O) groups excluding carboxylic acids is 1. The van der Waals surface area contributed by atoms with E-state index in [2.05, 4.69) is 15.4 Å². The summed E-state index contributed by atoms with van der Waals surface area (Å²) in [6.45, 7) is 4.46. The Kier molecular flexibility index (Phi) is 3.99. The Morgan fingerprint density at radius 3 is 2.88 bits per heavy atom. The lowest BCUT2D eigenvalue weighted by Gasteiger charge is -2.24. The molecule has 7 heteroatoms. The van der Waals surface area contributed by atoms with Crippen LogP contribution in [0.25, 0.3) is 11.3 Å². The molecule has 1 aliphatic rings. The number of nitrogens with zero attached hydrogens (tertiary/aromatic N) is 3. The number of carbonyl (C=O) groups is 1. The first-order valence-corrected chi connectivity index (χ1v) is 8.63. The zero-order valence-electron chi connectivity index (χ0n) is 14.7. The summed E-state index contributed by atoms with van der Waals surface area (Å²) in [4.78, 5) is 14.9. The maximum absolute atomic E-state index is 13.0. The Hall–Kier alpha value is -3.09. The minimum absolute atomic E-state index is 0.0365. The molecule has 7 nitrogen and oxygen atoms in total. The number of phenols is 1. The normalized spacial score (nSPS) is 17.0. The van der Waals surface area contributed by atoms with E-state index in [1.165, 1.54) is 0 Å². The van der Waals surface area contributed by atoms with Gasteiger partial charge in [0.15, 0.2) is 0 Å². The van der Waals surface area contributed by atoms with Crippen molar-refractivity contribution in [2.24, 2.45) is 0 Å². The number of hydrogen-bond acceptors (Lipinski definition) is 5. The predicted molar refractivity (Wildman–Crippen MR) is 94.7 cm³/mol. The van der Waals surface area contributed by atoms with Gasteiger partial charge in [-0.15, -0.1) is 0 Å². The van der Waals surface area contributed by atoms with Gasteiger partial charge in [0.25, 0.3) is 5.91 Å². The molecule has 1 saturated heterocycles. The van der Waals surface area contributed by atoms with Gasteiger partial charge in [0.2, 0.25) is 0 Å². The molecule has 1 aliphatic heterocycles. The van der Waals surface area contributed by atoms with Crippen molar-refractivity contribution in [3.05, 3.63) is 53.0 Å². The minimum atomic E-state index is -0.110. The maximum atomic E-state index is 13.0. The first-order chi connectivity index (χ1) is 12.6. The number of aryl methyl sites for hydroxylation is 2. The third-order valence-corrected chi connectivity index (χ3v) is 4.92. The van der Waals surface area contributed by atoms with E-state index in [1.807, 2.05) is 24.8 Å². The Bertz CT molecular complexity index is 940. The van der Waals surface area contributed by atoms with Crippen molar-refractivity contribution in [1.82, 2.24) is 20.3 Å². The van der Waals surface area contributed by atoms with Crippen molar-refractivity contribution >= 4 is 5.91 Å². The average molecular weight is 352 g/mol. The molecular weight excluding hydrogens is 332 g/mol. The summed E-state index contributed by atoms with van der Waals surface area (Å²) in [7, 11) is 0. The van der Waals surface area contributed by atoms with Gasteiger partial charge in [0.1, 0.15) is 17.2 Å². The van der Waals surface area contributed by atoms with E-state index in [9.17, 15) is 9.90 Å². The van der Waals surface area contributed by atoms with Crippen molar-refractivity contribution in [3.8, 4) is 17.0 Å². The van der Waals surface area contributed by atoms with Gasteiger partial charge in [-0.25, -0.2) is 0 Å². The van der Waals surface area contributed by atoms with Crippen LogP contribution in [0.3, 0.4) is 0 Å². The van der Waals surface area contributed by atoms with Crippen LogP contribution in [-0.2, 0) is 0 Å². The van der Waals surface area contributed by atoms with Crippen LogP contribution in [0, 0.1) is 13.8 Å². The maximum Gasteiger partial charge on any atom is 0.272 e. The Morgan fingerprint density at radius 2 is 2.15 bits per heavy atom. The summed E-state index contributed by atoms with van der Waals surface area (Å²) in [6.07, 6.45) is 1.82. The zero-order valence-corrected chi connectivity index (χ0v) is 14.7. The molecule has 2 N–H and O–H groups in total. The van der Waals surface area contributed by atoms with Crippen LogP contribution < -0.4 is 0 Å². The second kappa shape index (κ2) is 6.33. The molecule has 1 fully saturated rings. The molecule has 0 radical (unpaired) electrons. The van der Waals surface area contributed by atoms with Gasteiger partial charge in [0, 0.05) is 17.7 Å². The number of phenolic OH excluding ortho intramolecular Hbond substituents is 1. The summed E-state index contributed by atoms with van der Waals surface area (Å²) < 4.78 is 5.28. The van der Waals surface area contributed by atoms with Crippen LogP contribution in [-0.4, -0.2) is 37.8 Å². The summed E-state index contributed by atoms with van der Waals surface area (Å²) in [5, 5.41) is 21.0. The molecule has 4 rings (SSSR count). The van der Waals surface area contributed by atoms with Gasteiger partial charge in [0.05, 0.1) is 17.4 Å². The van der Waals surface area contributed by atoms with Crippen molar-refractivity contribution in [3.63, 3.8) is 0 Å². The lowest BCUT2D eigenvalue weighted by molar-refractivity contribution is 0.0728. The lowest BCUT2D eigenvalue weighted by atomic mass is 10.0. The molecule has 0 saturated carbocycles. The third-order valence-electron chi connectivity index (χ3n) is 4.92. The monoisotopic (exact) mass is 352 g/mol. The number of hydrogen-bond donors (Lipinski definition) is 2. The van der Waals surface area contributed by atoms with E-state index < -0.39 is 0 Å². The number of rotatable bonds is 3. The van der Waals surface area contributed by atoms with Crippen molar-refractivity contribution in [2.75, 3.05) is 6.54 Å². The zero-order chi connectivity index (χ0) is 18.3. The van der Waals surface area contributed by atoms with E-state index >= 15 is 0 Å². The molecule has 1 aromatic carbocycles.